The van der Waals surface area contributed by atoms with Crippen molar-refractivity contribution in [3.05, 3.63) is 72.4 Å². The fourth-order valence-electron chi connectivity index (χ4n) is 5.54. The summed E-state index contributed by atoms with van der Waals surface area (Å²) in [5.41, 5.74) is 2.23. The molecule has 11 heteroatoms. The smallest absolute Gasteiger partial charge is 0.327 e. The number of urea groups is 1. The zero-order chi connectivity index (χ0) is 28.5. The number of thioether (sulfide) groups is 1. The van der Waals surface area contributed by atoms with Crippen LogP contribution in [0.5, 0.6) is 11.5 Å². The number of benzene rings is 2. The van der Waals surface area contributed by atoms with Crippen LogP contribution in [0.15, 0.2) is 71.9 Å². The van der Waals surface area contributed by atoms with Crippen LogP contribution in [0.25, 0.3) is 0 Å². The molecule has 0 saturated carbocycles. The lowest BCUT2D eigenvalue weighted by atomic mass is 9.99. The number of ether oxygens (including phenoxy) is 1. The van der Waals surface area contributed by atoms with E-state index in [4.69, 9.17) is 4.74 Å². The van der Waals surface area contributed by atoms with Gasteiger partial charge in [0.05, 0.1) is 24.0 Å². The first-order valence-corrected chi connectivity index (χ1v) is 14.6. The first kappa shape index (κ1) is 27.1. The Morgan fingerprint density at radius 1 is 1.10 bits per heavy atom. The van der Waals surface area contributed by atoms with Crippen LogP contribution >= 0.6 is 11.8 Å². The SMILES string of the molecule is CN(C)CC(=O)N1CCCC(NC(=O)[C@@H]2Sc3nccc4c3C2NC(=O)N4c2ccc(Oc3ccccc3)cc2)C1. The van der Waals surface area contributed by atoms with Crippen LogP contribution in [0, 0.1) is 0 Å². The van der Waals surface area contributed by atoms with Crippen LogP contribution in [0.3, 0.4) is 0 Å². The number of hydrogen-bond acceptors (Lipinski definition) is 7. The van der Waals surface area contributed by atoms with Gasteiger partial charge in [0, 0.05) is 30.9 Å². The fourth-order valence-corrected chi connectivity index (χ4v) is 6.78. The van der Waals surface area contributed by atoms with E-state index in [-0.39, 0.29) is 23.9 Å². The molecule has 3 aromatic rings. The second kappa shape index (κ2) is 11.4. The Labute approximate surface area is 243 Å². The van der Waals surface area contributed by atoms with Gasteiger partial charge in [0.2, 0.25) is 11.8 Å². The Hall–Kier alpha value is -4.09. The summed E-state index contributed by atoms with van der Waals surface area (Å²) < 4.78 is 5.90. The van der Waals surface area contributed by atoms with Gasteiger partial charge in [-0.3, -0.25) is 14.5 Å². The van der Waals surface area contributed by atoms with Crippen LogP contribution in [0.4, 0.5) is 16.2 Å². The number of amides is 4. The number of piperidine rings is 1. The molecule has 0 bridgehead atoms. The van der Waals surface area contributed by atoms with E-state index >= 15 is 0 Å². The minimum absolute atomic E-state index is 0.0599. The number of carbonyl (C=O) groups is 3. The highest BCUT2D eigenvalue weighted by Crippen LogP contribution is 2.50. The van der Waals surface area contributed by atoms with Crippen molar-refractivity contribution in [2.24, 2.45) is 0 Å². The Bertz CT molecular complexity index is 1450. The lowest BCUT2D eigenvalue weighted by Crippen LogP contribution is -2.54. The molecule has 0 spiro atoms. The Morgan fingerprint density at radius 2 is 1.85 bits per heavy atom. The molecule has 3 aliphatic rings. The molecule has 1 fully saturated rings. The van der Waals surface area contributed by atoms with Gasteiger partial charge in [-0.05, 0) is 69.4 Å². The molecule has 1 aromatic heterocycles. The number of para-hydroxylation sites is 1. The number of nitrogens with one attached hydrogen (secondary N) is 2. The topological polar surface area (TPSA) is 107 Å². The zero-order valence-electron chi connectivity index (χ0n) is 22.9. The second-order valence-electron chi connectivity index (χ2n) is 10.7. The summed E-state index contributed by atoms with van der Waals surface area (Å²) in [6.07, 6.45) is 3.31. The maximum absolute atomic E-state index is 13.5. The first-order valence-electron chi connectivity index (χ1n) is 13.7. The molecule has 2 aromatic carbocycles. The summed E-state index contributed by atoms with van der Waals surface area (Å²) >= 11 is 1.37. The number of likely N-dealkylation sites (tertiary alicyclic amines) is 1. The Morgan fingerprint density at radius 3 is 2.61 bits per heavy atom. The quantitative estimate of drug-likeness (QED) is 0.442. The summed E-state index contributed by atoms with van der Waals surface area (Å²) in [4.78, 5) is 49.4. The van der Waals surface area contributed by atoms with E-state index in [2.05, 4.69) is 15.6 Å². The van der Waals surface area contributed by atoms with E-state index in [1.165, 1.54) is 11.8 Å². The van der Waals surface area contributed by atoms with Crippen molar-refractivity contribution < 1.29 is 19.1 Å². The highest BCUT2D eigenvalue weighted by atomic mass is 32.2. The number of nitrogens with zero attached hydrogens (tertiary/aromatic N) is 4. The number of anilines is 2. The van der Waals surface area contributed by atoms with Crippen LogP contribution in [-0.4, -0.2) is 77.7 Å². The van der Waals surface area contributed by atoms with E-state index in [9.17, 15) is 14.4 Å². The molecule has 2 unspecified atom stereocenters. The summed E-state index contributed by atoms with van der Waals surface area (Å²) in [6, 6.07) is 17.7. The highest BCUT2D eigenvalue weighted by Gasteiger charge is 2.47. The van der Waals surface area contributed by atoms with Gasteiger partial charge in [0.1, 0.15) is 21.8 Å². The molecule has 41 heavy (non-hydrogen) atoms. The molecule has 4 heterocycles. The van der Waals surface area contributed by atoms with Crippen molar-refractivity contribution in [1.29, 1.82) is 0 Å². The summed E-state index contributed by atoms with van der Waals surface area (Å²) in [5.74, 6) is 1.29. The number of rotatable bonds is 7. The summed E-state index contributed by atoms with van der Waals surface area (Å²) in [6.45, 7) is 1.53. The van der Waals surface area contributed by atoms with Gasteiger partial charge in [-0.2, -0.15) is 0 Å². The summed E-state index contributed by atoms with van der Waals surface area (Å²) in [5, 5.41) is 6.38. The number of carbonyl (C=O) groups excluding carboxylic acids is 3. The Kier molecular flexibility index (Phi) is 7.55. The van der Waals surface area contributed by atoms with E-state index < -0.39 is 11.3 Å². The van der Waals surface area contributed by atoms with E-state index in [1.54, 1.807) is 11.1 Å². The van der Waals surface area contributed by atoms with Crippen molar-refractivity contribution in [2.75, 3.05) is 38.6 Å². The summed E-state index contributed by atoms with van der Waals surface area (Å²) in [7, 11) is 3.74. The van der Waals surface area contributed by atoms with E-state index in [1.807, 2.05) is 84.6 Å². The average Bonchev–Trinajstić information content (AvgIpc) is 3.34. The van der Waals surface area contributed by atoms with Gasteiger partial charge < -0.3 is 25.2 Å². The van der Waals surface area contributed by atoms with Crippen LogP contribution < -0.4 is 20.3 Å². The third kappa shape index (κ3) is 5.59. The number of likely N-dealkylation sites (N-methyl/N-ethyl adjacent to an activating group) is 1. The molecular formula is C30H32N6O4S. The minimum atomic E-state index is -0.556. The zero-order valence-corrected chi connectivity index (χ0v) is 23.8. The van der Waals surface area contributed by atoms with Gasteiger partial charge >= 0.3 is 6.03 Å². The molecule has 10 nitrogen and oxygen atoms in total. The van der Waals surface area contributed by atoms with Crippen molar-refractivity contribution in [3.8, 4) is 11.5 Å². The molecule has 0 radical (unpaired) electrons. The lowest BCUT2D eigenvalue weighted by Gasteiger charge is -2.36. The molecule has 2 N–H and O–H groups in total. The third-order valence-electron chi connectivity index (χ3n) is 7.41. The predicted octanol–water partition coefficient (Wildman–Crippen LogP) is 3.92. The van der Waals surface area contributed by atoms with Crippen LogP contribution in [0.2, 0.25) is 0 Å². The van der Waals surface area contributed by atoms with Crippen molar-refractivity contribution in [2.45, 2.75) is 35.2 Å². The van der Waals surface area contributed by atoms with Gasteiger partial charge in [-0.1, -0.05) is 30.0 Å². The molecule has 212 valence electrons. The number of aromatic nitrogens is 1. The minimum Gasteiger partial charge on any atom is -0.457 e. The molecule has 0 aliphatic carbocycles. The average molecular weight is 573 g/mol. The van der Waals surface area contributed by atoms with Crippen LogP contribution in [0.1, 0.15) is 24.4 Å². The van der Waals surface area contributed by atoms with E-state index in [0.29, 0.717) is 36.8 Å². The van der Waals surface area contributed by atoms with Gasteiger partial charge in [0.15, 0.2) is 0 Å². The largest absolute Gasteiger partial charge is 0.457 e. The van der Waals surface area contributed by atoms with Gasteiger partial charge in [0.25, 0.3) is 0 Å². The first-order chi connectivity index (χ1) is 19.9. The van der Waals surface area contributed by atoms with Crippen molar-refractivity contribution in [1.82, 2.24) is 25.4 Å². The normalized spacial score (nSPS) is 21.3. The van der Waals surface area contributed by atoms with E-state index in [0.717, 1.165) is 29.2 Å². The third-order valence-corrected chi connectivity index (χ3v) is 8.70. The molecule has 3 aliphatic heterocycles. The number of pyridine rings is 1. The molecule has 4 amide bonds. The maximum atomic E-state index is 13.5. The fraction of sp³-hybridized carbons (Fsp3) is 0.333. The lowest BCUT2D eigenvalue weighted by molar-refractivity contribution is -0.134. The molecular weight excluding hydrogens is 540 g/mol. The predicted molar refractivity (Wildman–Crippen MR) is 157 cm³/mol. The Balaban J connectivity index is 1.17. The molecule has 3 atom stereocenters. The maximum Gasteiger partial charge on any atom is 0.327 e. The van der Waals surface area contributed by atoms with Gasteiger partial charge in [-0.25, -0.2) is 9.78 Å². The monoisotopic (exact) mass is 572 g/mol. The van der Waals surface area contributed by atoms with Crippen LogP contribution in [-0.2, 0) is 9.59 Å². The van der Waals surface area contributed by atoms with Gasteiger partial charge in [-0.15, -0.1) is 0 Å². The highest BCUT2D eigenvalue weighted by molar-refractivity contribution is 8.01. The standard InChI is InChI=1S/C30H32N6O4S/c1-34(2)18-24(37)35-16-6-7-19(17-35)32-28(38)27-26-25-23(14-15-31-29(25)41-27)36(30(39)33-26)20-10-12-22(13-11-20)40-21-8-4-3-5-9-21/h3-5,8-15,19,26-27H,6-7,16-18H2,1-2H3,(H,32,38)(H,33,39)/t19?,26?,27-/m1/s1. The number of hydrogen-bond donors (Lipinski definition) is 2. The van der Waals surface area contributed by atoms with Crippen molar-refractivity contribution >= 4 is 41.0 Å². The molecule has 6 rings (SSSR count). The molecule has 1 saturated heterocycles. The second-order valence-corrected chi connectivity index (χ2v) is 11.8. The van der Waals surface area contributed by atoms with Crippen molar-refractivity contribution in [3.63, 3.8) is 0 Å².